The van der Waals surface area contributed by atoms with Crippen LogP contribution in [0.15, 0.2) is 29.6 Å². The number of allylic oxidation sites excluding steroid dienone is 3. The number of carbonyl (C=O) groups is 2. The topological polar surface area (TPSA) is 54.3 Å². The van der Waals surface area contributed by atoms with Crippen LogP contribution in [0.5, 0.6) is 0 Å². The number of Topliss-reactive ketones (excluding diaryl/α,β-unsaturated/α-hetero) is 1. The fourth-order valence-corrected chi connectivity index (χ4v) is 4.28. The van der Waals surface area contributed by atoms with Gasteiger partial charge in [0.15, 0.2) is 0 Å². The van der Waals surface area contributed by atoms with Gasteiger partial charge in [-0.25, -0.2) is 4.39 Å². The first kappa shape index (κ1) is 19.8. The number of ketones is 1. The molecular weight excluding hydrogens is 456 g/mol. The third-order valence-electron chi connectivity index (χ3n) is 3.61. The number of nitrogens with one attached hydrogen (secondary N) is 1. The van der Waals surface area contributed by atoms with E-state index in [4.69, 9.17) is 0 Å². The highest BCUT2D eigenvalue weighted by atomic mass is 127. The van der Waals surface area contributed by atoms with E-state index in [0.717, 1.165) is 0 Å². The molecule has 1 amide bonds. The highest BCUT2D eigenvalue weighted by molar-refractivity contribution is 14.2. The first-order valence-electron chi connectivity index (χ1n) is 7.63. The average Bonchev–Trinajstić information content (AvgIpc) is 2.80. The van der Waals surface area contributed by atoms with Crippen molar-refractivity contribution in [3.05, 3.63) is 45.9 Å². The lowest BCUT2D eigenvalue weighted by atomic mass is 10.1. The number of aromatic nitrogens is 1. The highest BCUT2D eigenvalue weighted by Gasteiger charge is 2.19. The van der Waals surface area contributed by atoms with Crippen LogP contribution < -0.4 is 15.9 Å². The van der Waals surface area contributed by atoms with Gasteiger partial charge in [0, 0.05) is 67.1 Å². The van der Waals surface area contributed by atoms with Crippen LogP contribution >= 0.6 is 30.3 Å². The minimum Gasteiger partial charge on any atom is -0.383 e. The van der Waals surface area contributed by atoms with Crippen molar-refractivity contribution in [2.24, 2.45) is 0 Å². The Hall–Kier alpha value is -1.55. The van der Waals surface area contributed by atoms with E-state index in [-0.39, 0.29) is 5.78 Å². The molecule has 0 saturated carbocycles. The smallest absolute Gasteiger partial charge is 0.211 e. The van der Waals surface area contributed by atoms with E-state index < -0.39 is 6.17 Å². The van der Waals surface area contributed by atoms with E-state index in [1.165, 1.54) is 21.3 Å². The molecule has 1 aromatic heterocycles. The minimum absolute atomic E-state index is 0.0977. The van der Waals surface area contributed by atoms with Crippen LogP contribution in [0.3, 0.4) is 0 Å². The summed E-state index contributed by atoms with van der Waals surface area (Å²) in [5, 5.41) is 3.78. The van der Waals surface area contributed by atoms with Gasteiger partial charge >= 0.3 is 0 Å². The molecule has 5 nitrogen and oxygen atoms in total. The molecule has 1 heterocycles. The van der Waals surface area contributed by atoms with Crippen molar-refractivity contribution in [3.63, 3.8) is 0 Å². The normalized spacial score (nSPS) is 16.8. The van der Waals surface area contributed by atoms with Crippen molar-refractivity contribution in [2.45, 2.75) is 19.5 Å². The Balaban J connectivity index is 2.66. The van der Waals surface area contributed by atoms with Gasteiger partial charge in [-0.05, 0) is 30.7 Å². The SMILES string of the molecule is CC/C(=C\N(C)C)C(=O)c1cc2c(n1SI)=CC(NC=O)=CC(F)C=2. The summed E-state index contributed by atoms with van der Waals surface area (Å²) in [6.45, 7) is 1.92. The summed E-state index contributed by atoms with van der Waals surface area (Å²) in [4.78, 5) is 25.5. The van der Waals surface area contributed by atoms with Gasteiger partial charge in [-0.15, -0.1) is 0 Å². The van der Waals surface area contributed by atoms with Crippen LogP contribution in [0.4, 0.5) is 4.39 Å². The molecule has 0 aliphatic heterocycles. The molecule has 0 bridgehead atoms. The Bertz CT molecular complexity index is 858. The molecule has 0 saturated heterocycles. The zero-order valence-corrected chi connectivity index (χ0v) is 17.1. The van der Waals surface area contributed by atoms with Gasteiger partial charge in [0.1, 0.15) is 11.9 Å². The molecule has 1 unspecified atom stereocenters. The number of hydrogen-bond acceptors (Lipinski definition) is 4. The molecule has 2 rings (SSSR count). The zero-order chi connectivity index (χ0) is 18.6. The zero-order valence-electron chi connectivity index (χ0n) is 14.1. The Morgan fingerprint density at radius 2 is 2.20 bits per heavy atom. The van der Waals surface area contributed by atoms with E-state index >= 15 is 0 Å². The molecule has 1 aliphatic carbocycles. The molecule has 0 radical (unpaired) electrons. The van der Waals surface area contributed by atoms with Gasteiger partial charge in [0.25, 0.3) is 0 Å². The summed E-state index contributed by atoms with van der Waals surface area (Å²) in [7, 11) is 5.06. The highest BCUT2D eigenvalue weighted by Crippen LogP contribution is 2.19. The number of amides is 1. The van der Waals surface area contributed by atoms with E-state index in [1.807, 2.05) is 25.9 Å². The first-order chi connectivity index (χ1) is 11.9. The number of fused-ring (bicyclic) bond motifs is 1. The summed E-state index contributed by atoms with van der Waals surface area (Å²) in [6, 6.07) is 1.70. The second-order valence-corrected chi connectivity index (χ2v) is 7.36. The first-order valence-corrected chi connectivity index (χ1v) is 10.9. The molecule has 0 aromatic carbocycles. The third kappa shape index (κ3) is 4.55. The number of alkyl halides is 1. The van der Waals surface area contributed by atoms with Gasteiger partial charge in [-0.3, -0.25) is 13.6 Å². The maximum Gasteiger partial charge on any atom is 0.211 e. The van der Waals surface area contributed by atoms with Crippen LogP contribution in [0.1, 0.15) is 23.8 Å². The standard InChI is InChI=1S/C17H19FIN3O2S/c1-4-11(9-21(2)3)17(24)16-6-12-5-13(18)7-14(20-10-23)8-15(12)22(16)25-19/h5-10,13H,4H2,1-3H3,(H,20,23)/b11-9+. The van der Waals surface area contributed by atoms with Crippen LogP contribution in [0.25, 0.3) is 12.2 Å². The summed E-state index contributed by atoms with van der Waals surface area (Å²) in [5.74, 6) is -0.0977. The predicted octanol–water partition coefficient (Wildman–Crippen LogP) is 1.92. The molecule has 8 heteroatoms. The van der Waals surface area contributed by atoms with Crippen molar-refractivity contribution >= 4 is 54.7 Å². The maximum atomic E-state index is 14.1. The summed E-state index contributed by atoms with van der Waals surface area (Å²) >= 11 is 2.08. The van der Waals surface area contributed by atoms with Crippen molar-refractivity contribution in [1.82, 2.24) is 14.2 Å². The second-order valence-electron chi connectivity index (χ2n) is 5.67. The van der Waals surface area contributed by atoms with Gasteiger partial charge in [0.2, 0.25) is 12.2 Å². The average molecular weight is 475 g/mol. The Labute approximate surface area is 162 Å². The largest absolute Gasteiger partial charge is 0.383 e. The number of halogens is 2. The summed E-state index contributed by atoms with van der Waals surface area (Å²) < 4.78 is 15.9. The molecule has 0 spiro atoms. The fraction of sp³-hybridized carbons (Fsp3) is 0.294. The van der Waals surface area contributed by atoms with Gasteiger partial charge in [-0.1, -0.05) is 6.92 Å². The molecule has 1 N–H and O–H groups in total. The van der Waals surface area contributed by atoms with Crippen LogP contribution in [0, 0.1) is 0 Å². The molecule has 25 heavy (non-hydrogen) atoms. The molecule has 1 aromatic rings. The second kappa shape index (κ2) is 8.70. The van der Waals surface area contributed by atoms with Crippen LogP contribution in [-0.4, -0.2) is 41.3 Å². The van der Waals surface area contributed by atoms with Gasteiger partial charge < -0.3 is 10.2 Å². The van der Waals surface area contributed by atoms with Crippen LogP contribution in [0.2, 0.25) is 0 Å². The summed E-state index contributed by atoms with van der Waals surface area (Å²) in [6.07, 6.45) is 5.98. The van der Waals surface area contributed by atoms with Crippen molar-refractivity contribution in [1.29, 1.82) is 0 Å². The number of hydrogen-bond donors (Lipinski definition) is 1. The van der Waals surface area contributed by atoms with E-state index in [0.29, 0.717) is 40.4 Å². The van der Waals surface area contributed by atoms with Gasteiger partial charge in [-0.2, -0.15) is 0 Å². The predicted molar refractivity (Wildman–Crippen MR) is 108 cm³/mol. The van der Waals surface area contributed by atoms with E-state index in [1.54, 1.807) is 22.3 Å². The number of nitrogens with zero attached hydrogens (tertiary/aromatic N) is 2. The Kier molecular flexibility index (Phi) is 6.88. The Morgan fingerprint density at radius 3 is 2.76 bits per heavy atom. The monoisotopic (exact) mass is 475 g/mol. The fourth-order valence-electron chi connectivity index (χ4n) is 2.57. The lowest BCUT2D eigenvalue weighted by Crippen LogP contribution is -2.28. The molecule has 0 fully saturated rings. The van der Waals surface area contributed by atoms with E-state index in [2.05, 4.69) is 26.5 Å². The molecule has 134 valence electrons. The third-order valence-corrected chi connectivity index (χ3v) is 5.32. The molecule has 1 atom stereocenters. The van der Waals surface area contributed by atoms with Crippen molar-refractivity contribution in [2.75, 3.05) is 14.1 Å². The van der Waals surface area contributed by atoms with Crippen LogP contribution in [-0.2, 0) is 4.79 Å². The molecule has 1 aliphatic rings. The lowest BCUT2D eigenvalue weighted by molar-refractivity contribution is -0.108. The van der Waals surface area contributed by atoms with Crippen molar-refractivity contribution < 1.29 is 14.0 Å². The molecular formula is C17H19FIN3O2S. The minimum atomic E-state index is -1.35. The van der Waals surface area contributed by atoms with Gasteiger partial charge in [0.05, 0.1) is 5.35 Å². The maximum absolute atomic E-state index is 14.1. The van der Waals surface area contributed by atoms with Crippen molar-refractivity contribution in [3.8, 4) is 0 Å². The number of carbonyl (C=O) groups excluding carboxylic acids is 2. The lowest BCUT2D eigenvalue weighted by Gasteiger charge is -2.10. The quantitative estimate of drug-likeness (QED) is 0.284. The Morgan fingerprint density at radius 1 is 1.48 bits per heavy atom. The summed E-state index contributed by atoms with van der Waals surface area (Å²) in [5.41, 5.74) is 1.51. The number of rotatable bonds is 7. The van der Waals surface area contributed by atoms with E-state index in [9.17, 15) is 14.0 Å².